The second kappa shape index (κ2) is 5.05. The van der Waals surface area contributed by atoms with Crippen molar-refractivity contribution in [3.05, 3.63) is 0 Å². The van der Waals surface area contributed by atoms with Crippen LogP contribution in [0.25, 0.3) is 0 Å². The fraction of sp³-hybridized carbons (Fsp3) is 1.00. The first kappa shape index (κ1) is 12.4. The van der Waals surface area contributed by atoms with Gasteiger partial charge in [-0.1, -0.05) is 33.1 Å². The molecule has 1 saturated heterocycles. The van der Waals surface area contributed by atoms with Gasteiger partial charge in [0.15, 0.2) is 0 Å². The van der Waals surface area contributed by atoms with Crippen LogP contribution < -0.4 is 5.32 Å². The van der Waals surface area contributed by atoms with Crippen molar-refractivity contribution in [1.82, 2.24) is 5.32 Å². The van der Waals surface area contributed by atoms with Gasteiger partial charge in [0.1, 0.15) is 0 Å². The van der Waals surface area contributed by atoms with Gasteiger partial charge in [-0.2, -0.15) is 0 Å². The average molecular weight is 225 g/mol. The molecule has 2 fully saturated rings. The molecule has 2 N–H and O–H groups in total. The fourth-order valence-electron chi connectivity index (χ4n) is 3.88. The molecule has 0 spiro atoms. The van der Waals surface area contributed by atoms with Crippen molar-refractivity contribution in [2.24, 2.45) is 5.92 Å². The maximum atomic E-state index is 10.8. The van der Waals surface area contributed by atoms with Crippen LogP contribution in [0.4, 0.5) is 0 Å². The third-order valence-corrected chi connectivity index (χ3v) is 4.63. The second-order valence-corrected chi connectivity index (χ2v) is 5.86. The van der Waals surface area contributed by atoms with Crippen molar-refractivity contribution >= 4 is 0 Å². The van der Waals surface area contributed by atoms with E-state index in [1.165, 1.54) is 25.7 Å². The lowest BCUT2D eigenvalue weighted by Crippen LogP contribution is -2.49. The second-order valence-electron chi connectivity index (χ2n) is 5.86. The molecule has 0 aromatic carbocycles. The van der Waals surface area contributed by atoms with Gasteiger partial charge in [0.2, 0.25) is 0 Å². The van der Waals surface area contributed by atoms with Crippen LogP contribution in [0.3, 0.4) is 0 Å². The molecule has 0 amide bonds. The van der Waals surface area contributed by atoms with Crippen LogP contribution in [0.1, 0.15) is 65.2 Å². The Kier molecular flexibility index (Phi) is 3.91. The Morgan fingerprint density at radius 3 is 2.44 bits per heavy atom. The van der Waals surface area contributed by atoms with Crippen LogP contribution in [-0.4, -0.2) is 22.8 Å². The van der Waals surface area contributed by atoms with E-state index in [2.05, 4.69) is 19.2 Å². The third kappa shape index (κ3) is 2.28. The molecule has 1 aliphatic heterocycles. The van der Waals surface area contributed by atoms with Gasteiger partial charge >= 0.3 is 0 Å². The molecule has 0 unspecified atom stereocenters. The molecule has 0 aromatic rings. The van der Waals surface area contributed by atoms with Gasteiger partial charge in [-0.25, -0.2) is 0 Å². The minimum Gasteiger partial charge on any atom is -0.388 e. The summed E-state index contributed by atoms with van der Waals surface area (Å²) >= 11 is 0. The van der Waals surface area contributed by atoms with Crippen LogP contribution >= 0.6 is 0 Å². The summed E-state index contributed by atoms with van der Waals surface area (Å²) in [5.74, 6) is 0.852. The molecule has 2 nitrogen and oxygen atoms in total. The largest absolute Gasteiger partial charge is 0.388 e. The van der Waals surface area contributed by atoms with Crippen molar-refractivity contribution in [2.45, 2.75) is 82.9 Å². The molecule has 2 heteroatoms. The highest BCUT2D eigenvalue weighted by Crippen LogP contribution is 2.40. The van der Waals surface area contributed by atoms with E-state index in [-0.39, 0.29) is 0 Å². The summed E-state index contributed by atoms with van der Waals surface area (Å²) in [6, 6.07) is 1.08. The van der Waals surface area contributed by atoms with Crippen LogP contribution in [0.2, 0.25) is 0 Å². The Hall–Kier alpha value is -0.0800. The maximum absolute atomic E-state index is 10.8. The van der Waals surface area contributed by atoms with E-state index in [0.717, 1.165) is 31.6 Å². The highest BCUT2D eigenvalue weighted by Gasteiger charge is 2.45. The summed E-state index contributed by atoms with van der Waals surface area (Å²) in [6.45, 7) is 4.35. The molecule has 1 aliphatic carbocycles. The minimum atomic E-state index is -0.437. The van der Waals surface area contributed by atoms with Gasteiger partial charge in [0.05, 0.1) is 5.60 Å². The first-order valence-corrected chi connectivity index (χ1v) is 7.18. The Morgan fingerprint density at radius 2 is 1.88 bits per heavy atom. The van der Waals surface area contributed by atoms with E-state index in [9.17, 15) is 5.11 Å². The summed E-state index contributed by atoms with van der Waals surface area (Å²) in [6.07, 6.45) is 9.39. The van der Waals surface area contributed by atoms with Crippen LogP contribution in [0.15, 0.2) is 0 Å². The number of nitrogens with one attached hydrogen (secondary N) is 1. The molecule has 0 radical (unpaired) electrons. The van der Waals surface area contributed by atoms with Crippen molar-refractivity contribution in [3.63, 3.8) is 0 Å². The zero-order valence-electron chi connectivity index (χ0n) is 10.8. The van der Waals surface area contributed by atoms with E-state index in [1.54, 1.807) is 0 Å². The van der Waals surface area contributed by atoms with Gasteiger partial charge in [-0.3, -0.25) is 0 Å². The molecule has 2 rings (SSSR count). The van der Waals surface area contributed by atoms with E-state index in [4.69, 9.17) is 0 Å². The minimum absolute atomic E-state index is 0.364. The molecular weight excluding hydrogens is 198 g/mol. The van der Waals surface area contributed by atoms with Gasteiger partial charge in [0, 0.05) is 12.1 Å². The lowest BCUT2D eigenvalue weighted by atomic mass is 9.83. The first-order valence-electron chi connectivity index (χ1n) is 7.18. The number of hydrogen-bond acceptors (Lipinski definition) is 2. The van der Waals surface area contributed by atoms with Crippen molar-refractivity contribution in [3.8, 4) is 0 Å². The zero-order valence-corrected chi connectivity index (χ0v) is 10.8. The monoisotopic (exact) mass is 225 g/mol. The van der Waals surface area contributed by atoms with Crippen molar-refractivity contribution < 1.29 is 5.11 Å². The predicted octanol–water partition coefficient (Wildman–Crippen LogP) is 2.85. The topological polar surface area (TPSA) is 32.3 Å². The van der Waals surface area contributed by atoms with E-state index >= 15 is 0 Å². The fourth-order valence-corrected chi connectivity index (χ4v) is 3.88. The lowest BCUT2D eigenvalue weighted by Gasteiger charge is -2.34. The normalized spacial score (nSPS) is 34.3. The molecule has 16 heavy (non-hydrogen) atoms. The van der Waals surface area contributed by atoms with Gasteiger partial charge in [-0.15, -0.1) is 0 Å². The number of aliphatic hydroxyl groups is 1. The third-order valence-electron chi connectivity index (χ3n) is 4.63. The summed E-state index contributed by atoms with van der Waals surface area (Å²) in [7, 11) is 0. The average Bonchev–Trinajstić information content (AvgIpc) is 2.77. The van der Waals surface area contributed by atoms with Crippen LogP contribution in [0.5, 0.6) is 0 Å². The summed E-state index contributed by atoms with van der Waals surface area (Å²) < 4.78 is 0. The van der Waals surface area contributed by atoms with Crippen molar-refractivity contribution in [2.75, 3.05) is 0 Å². The van der Waals surface area contributed by atoms with E-state index < -0.39 is 5.60 Å². The summed E-state index contributed by atoms with van der Waals surface area (Å²) in [5, 5.41) is 14.5. The van der Waals surface area contributed by atoms with Gasteiger partial charge in [-0.05, 0) is 38.0 Å². The Balaban J connectivity index is 1.99. The SMILES string of the molecule is CCCC(O)(CCC)[C@H]1C[C@H]2CCC[C@H]2N1. The molecule has 0 aromatic heterocycles. The molecular formula is C14H27NO. The predicted molar refractivity (Wildman–Crippen MR) is 67.4 cm³/mol. The highest BCUT2D eigenvalue weighted by molar-refractivity contribution is 5.02. The number of hydrogen-bond donors (Lipinski definition) is 2. The van der Waals surface area contributed by atoms with Gasteiger partial charge in [0.25, 0.3) is 0 Å². The number of fused-ring (bicyclic) bond motifs is 1. The Bertz CT molecular complexity index is 211. The molecule has 1 saturated carbocycles. The molecule has 0 bridgehead atoms. The van der Waals surface area contributed by atoms with Crippen LogP contribution in [0, 0.1) is 5.92 Å². The first-order chi connectivity index (χ1) is 7.69. The standard InChI is InChI=1S/C14H27NO/c1-3-8-14(16,9-4-2)13-10-11-6-5-7-12(11)15-13/h11-13,15-16H,3-10H2,1-2H3/t11-,12-,13-/m1/s1. The maximum Gasteiger partial charge on any atom is 0.0800 e. The Labute approximate surface area is 99.8 Å². The smallest absolute Gasteiger partial charge is 0.0800 e. The quantitative estimate of drug-likeness (QED) is 0.754. The molecule has 94 valence electrons. The van der Waals surface area contributed by atoms with Gasteiger partial charge < -0.3 is 10.4 Å². The molecule has 3 atom stereocenters. The van der Waals surface area contributed by atoms with Crippen molar-refractivity contribution in [1.29, 1.82) is 0 Å². The summed E-state index contributed by atoms with van der Waals surface area (Å²) in [5.41, 5.74) is -0.437. The Morgan fingerprint density at radius 1 is 1.19 bits per heavy atom. The number of rotatable bonds is 5. The molecule has 1 heterocycles. The van der Waals surface area contributed by atoms with Crippen LogP contribution in [-0.2, 0) is 0 Å². The zero-order chi connectivity index (χ0) is 11.6. The van der Waals surface area contributed by atoms with E-state index in [0.29, 0.717) is 12.1 Å². The highest BCUT2D eigenvalue weighted by atomic mass is 16.3. The van der Waals surface area contributed by atoms with E-state index in [1.807, 2.05) is 0 Å². The lowest BCUT2D eigenvalue weighted by molar-refractivity contribution is -0.0123. The molecule has 2 aliphatic rings. The summed E-state index contributed by atoms with van der Waals surface area (Å²) in [4.78, 5) is 0.